The molecule has 1 saturated carbocycles. The van der Waals surface area contributed by atoms with Crippen molar-refractivity contribution in [3.05, 3.63) is 51.8 Å². The molecule has 9 heteroatoms. The van der Waals surface area contributed by atoms with Crippen LogP contribution in [0.2, 0.25) is 10.2 Å². The molecule has 2 aromatic rings. The van der Waals surface area contributed by atoms with Gasteiger partial charge in [0.05, 0.1) is 11.8 Å². The Bertz CT molecular complexity index is 933. The first-order valence-corrected chi connectivity index (χ1v) is 10.4. The lowest BCUT2D eigenvalue weighted by molar-refractivity contribution is 0.100. The third-order valence-electron chi connectivity index (χ3n) is 6.13. The maximum Gasteiger partial charge on any atom is 0.344 e. The maximum atomic E-state index is 12.8. The van der Waals surface area contributed by atoms with Crippen molar-refractivity contribution < 1.29 is 9.59 Å². The molecule has 2 aliphatic rings. The van der Waals surface area contributed by atoms with Crippen LogP contribution in [-0.4, -0.2) is 57.7 Å². The molecule has 0 bridgehead atoms. The van der Waals surface area contributed by atoms with Crippen molar-refractivity contribution in [1.82, 2.24) is 19.6 Å². The summed E-state index contributed by atoms with van der Waals surface area (Å²) in [6.07, 6.45) is 3.39. The first-order chi connectivity index (χ1) is 13.8. The largest absolute Gasteiger partial charge is 0.365 e. The Balaban J connectivity index is 1.36. The average molecular weight is 436 g/mol. The van der Waals surface area contributed by atoms with Crippen molar-refractivity contribution in [2.45, 2.75) is 25.4 Å². The summed E-state index contributed by atoms with van der Waals surface area (Å²) in [6.45, 7) is 2.18. The highest BCUT2D eigenvalue weighted by Crippen LogP contribution is 2.40. The van der Waals surface area contributed by atoms with Gasteiger partial charge in [0.2, 0.25) is 0 Å². The van der Waals surface area contributed by atoms with Crippen LogP contribution in [0.5, 0.6) is 0 Å². The first-order valence-electron chi connectivity index (χ1n) is 9.61. The van der Waals surface area contributed by atoms with E-state index in [9.17, 15) is 9.59 Å². The Hall–Kier alpha value is -2.09. The van der Waals surface area contributed by atoms with Gasteiger partial charge in [-0.15, -0.1) is 0 Å². The van der Waals surface area contributed by atoms with E-state index in [0.717, 1.165) is 34.7 Å². The van der Waals surface area contributed by atoms with Crippen LogP contribution in [0.25, 0.3) is 0 Å². The number of carbonyl (C=O) groups is 2. The van der Waals surface area contributed by atoms with Gasteiger partial charge in [0.15, 0.2) is 5.15 Å². The van der Waals surface area contributed by atoms with E-state index in [1.165, 1.54) is 6.20 Å². The molecule has 0 unspecified atom stereocenters. The predicted octanol–water partition coefficient (Wildman–Crippen LogP) is 3.10. The molecule has 1 aromatic carbocycles. The Labute approximate surface area is 179 Å². The van der Waals surface area contributed by atoms with E-state index in [4.69, 9.17) is 28.9 Å². The number of primary amides is 1. The Morgan fingerprint density at radius 2 is 1.86 bits per heavy atom. The van der Waals surface area contributed by atoms with Crippen molar-refractivity contribution in [2.75, 3.05) is 20.1 Å². The van der Waals surface area contributed by atoms with Crippen LogP contribution in [0.3, 0.4) is 0 Å². The summed E-state index contributed by atoms with van der Waals surface area (Å²) < 4.78 is 1.12. The van der Waals surface area contributed by atoms with E-state index in [1.54, 1.807) is 4.90 Å². The van der Waals surface area contributed by atoms with Crippen molar-refractivity contribution >= 4 is 35.1 Å². The van der Waals surface area contributed by atoms with Gasteiger partial charge in [0.25, 0.3) is 5.91 Å². The smallest absolute Gasteiger partial charge is 0.344 e. The predicted molar refractivity (Wildman–Crippen MR) is 111 cm³/mol. The number of rotatable bonds is 4. The van der Waals surface area contributed by atoms with Crippen LogP contribution in [-0.2, 0) is 6.54 Å². The lowest BCUT2D eigenvalue weighted by Gasteiger charge is -2.26. The Kier molecular flexibility index (Phi) is 5.55. The van der Waals surface area contributed by atoms with E-state index in [0.29, 0.717) is 31.0 Å². The van der Waals surface area contributed by atoms with E-state index >= 15 is 0 Å². The molecule has 2 N–H and O–H groups in total. The number of hydrogen-bond donors (Lipinski definition) is 1. The molecule has 2 fully saturated rings. The van der Waals surface area contributed by atoms with E-state index < -0.39 is 5.91 Å². The number of aromatic nitrogens is 2. The molecule has 4 rings (SSSR count). The van der Waals surface area contributed by atoms with Crippen LogP contribution in [0.15, 0.2) is 30.5 Å². The zero-order chi connectivity index (χ0) is 20.7. The number of hydrogen-bond acceptors (Lipinski definition) is 4. The monoisotopic (exact) mass is 435 g/mol. The van der Waals surface area contributed by atoms with Crippen LogP contribution in [0, 0.1) is 11.8 Å². The lowest BCUT2D eigenvalue weighted by atomic mass is 10.0. The molecule has 154 valence electrons. The van der Waals surface area contributed by atoms with Gasteiger partial charge in [-0.3, -0.25) is 9.69 Å². The number of carbonyl (C=O) groups excluding carboxylic acids is 2. The highest BCUT2D eigenvalue weighted by molar-refractivity contribution is 6.32. The summed E-state index contributed by atoms with van der Waals surface area (Å²) in [6, 6.07) is 8.13. The minimum absolute atomic E-state index is 0.0495. The summed E-state index contributed by atoms with van der Waals surface area (Å²) in [4.78, 5) is 28.2. The highest BCUT2D eigenvalue weighted by Gasteiger charge is 2.43. The second kappa shape index (κ2) is 7.97. The Morgan fingerprint density at radius 1 is 1.21 bits per heavy atom. The topological polar surface area (TPSA) is 84.5 Å². The molecular formula is C20H23Cl2N5O2. The molecule has 2 heterocycles. The first kappa shape index (κ1) is 20.2. The van der Waals surface area contributed by atoms with Gasteiger partial charge in [0, 0.05) is 30.7 Å². The fraction of sp³-hybridized carbons (Fsp3) is 0.450. The normalized spacial score (nSPS) is 23.6. The van der Waals surface area contributed by atoms with Gasteiger partial charge in [-0.1, -0.05) is 41.4 Å². The van der Waals surface area contributed by atoms with Crippen LogP contribution in [0.4, 0.5) is 4.79 Å². The number of nitrogens with two attached hydrogens (primary N) is 1. The molecule has 7 nitrogen and oxygen atoms in total. The molecule has 3 atom stereocenters. The minimum atomic E-state index is -0.697. The molecule has 1 aliphatic carbocycles. The summed E-state index contributed by atoms with van der Waals surface area (Å²) >= 11 is 12.2. The molecule has 2 amide bonds. The van der Waals surface area contributed by atoms with E-state index in [1.807, 2.05) is 18.2 Å². The average Bonchev–Trinajstić information content (AvgIpc) is 3.35. The lowest BCUT2D eigenvalue weighted by Crippen LogP contribution is -2.36. The number of halogens is 2. The second-order valence-corrected chi connectivity index (χ2v) is 8.75. The summed E-state index contributed by atoms with van der Waals surface area (Å²) in [5.74, 6) is 0.218. The molecule has 1 saturated heterocycles. The van der Waals surface area contributed by atoms with Gasteiger partial charge in [-0.25, -0.2) is 4.79 Å². The molecular weight excluding hydrogens is 413 g/mol. The number of benzene rings is 1. The molecule has 0 spiro atoms. The molecule has 1 aliphatic heterocycles. The third kappa shape index (κ3) is 3.99. The number of nitrogens with zero attached hydrogens (tertiary/aromatic N) is 4. The highest BCUT2D eigenvalue weighted by atomic mass is 35.5. The SMILES string of the molecule is CN(Cc1ccccc1Cl)[C@H]1C[C@@H]2CN(C(=O)n3cc(C(N)=O)c(Cl)n3)C[C@@H]2C1. The van der Waals surface area contributed by atoms with Crippen LogP contribution < -0.4 is 5.73 Å². The quantitative estimate of drug-likeness (QED) is 0.799. The van der Waals surface area contributed by atoms with Crippen LogP contribution in [0.1, 0.15) is 28.8 Å². The third-order valence-corrected chi connectivity index (χ3v) is 6.78. The molecule has 0 radical (unpaired) electrons. The number of likely N-dealkylation sites (tertiary alicyclic amines) is 1. The molecule has 29 heavy (non-hydrogen) atoms. The van der Waals surface area contributed by atoms with Gasteiger partial charge in [-0.05, 0) is 43.4 Å². The van der Waals surface area contributed by atoms with Crippen molar-refractivity contribution in [3.8, 4) is 0 Å². The van der Waals surface area contributed by atoms with Gasteiger partial charge in [-0.2, -0.15) is 9.78 Å². The van der Waals surface area contributed by atoms with Crippen molar-refractivity contribution in [1.29, 1.82) is 0 Å². The summed E-state index contributed by atoms with van der Waals surface area (Å²) in [5.41, 5.74) is 6.44. The summed E-state index contributed by atoms with van der Waals surface area (Å²) in [7, 11) is 2.13. The van der Waals surface area contributed by atoms with Crippen molar-refractivity contribution in [3.63, 3.8) is 0 Å². The molecule has 1 aromatic heterocycles. The number of fused-ring (bicyclic) bond motifs is 1. The maximum absolute atomic E-state index is 12.8. The fourth-order valence-corrected chi connectivity index (χ4v) is 4.99. The summed E-state index contributed by atoms with van der Waals surface area (Å²) in [5, 5.41) is 4.68. The van der Waals surface area contributed by atoms with E-state index in [2.05, 4.69) is 23.1 Å². The fourth-order valence-electron chi connectivity index (χ4n) is 4.57. The zero-order valence-electron chi connectivity index (χ0n) is 16.1. The van der Waals surface area contributed by atoms with Crippen LogP contribution >= 0.6 is 23.2 Å². The van der Waals surface area contributed by atoms with Gasteiger partial charge in [0.1, 0.15) is 0 Å². The Morgan fingerprint density at radius 3 is 2.45 bits per heavy atom. The number of amides is 2. The standard InChI is InChI=1S/C20H23Cl2N5O2/c1-25(8-12-4-2-3-5-17(12)21)15-6-13-9-26(10-14(13)7-15)20(29)27-11-16(19(23)28)18(22)24-27/h2-5,11,13-15H,6-10H2,1H3,(H2,23,28)/t13-,14+,15+. The minimum Gasteiger partial charge on any atom is -0.365 e. The second-order valence-electron chi connectivity index (χ2n) is 7.98. The van der Waals surface area contributed by atoms with Gasteiger partial charge < -0.3 is 10.6 Å². The zero-order valence-corrected chi connectivity index (χ0v) is 17.6. The van der Waals surface area contributed by atoms with E-state index in [-0.39, 0.29) is 16.7 Å². The van der Waals surface area contributed by atoms with Crippen molar-refractivity contribution in [2.24, 2.45) is 17.6 Å². The van der Waals surface area contributed by atoms with Gasteiger partial charge >= 0.3 is 6.03 Å².